The van der Waals surface area contributed by atoms with Gasteiger partial charge >= 0.3 is 0 Å². The van der Waals surface area contributed by atoms with Crippen molar-refractivity contribution in [1.82, 2.24) is 4.31 Å². The Bertz CT molecular complexity index is 1160. The van der Waals surface area contributed by atoms with Gasteiger partial charge in [0.2, 0.25) is 10.0 Å². The monoisotopic (exact) mass is 440 g/mol. The van der Waals surface area contributed by atoms with Crippen LogP contribution in [0.15, 0.2) is 77.7 Å². The first-order valence-corrected chi connectivity index (χ1v) is 10.9. The standard InChI is InChI=1S/C23H24N2O5S/c1-25(2)31(27,28)20-12-13-22(29-3)21(15-20)24-23(26)18-10-7-11-19(14-18)30-16-17-8-5-4-6-9-17/h4-15H,16H2,1-3H3,(H,24,26). The molecule has 3 aromatic rings. The number of benzene rings is 3. The fraction of sp³-hybridized carbons (Fsp3) is 0.174. The zero-order valence-corrected chi connectivity index (χ0v) is 18.3. The van der Waals surface area contributed by atoms with Crippen LogP contribution in [-0.2, 0) is 16.6 Å². The van der Waals surface area contributed by atoms with Crippen LogP contribution >= 0.6 is 0 Å². The number of sulfonamides is 1. The normalized spacial score (nSPS) is 11.2. The number of anilines is 1. The summed E-state index contributed by atoms with van der Waals surface area (Å²) in [6.45, 7) is 0.379. The second kappa shape index (κ2) is 9.63. The molecule has 0 radical (unpaired) electrons. The Morgan fingerprint density at radius 1 is 0.968 bits per heavy atom. The van der Waals surface area contributed by atoms with Gasteiger partial charge in [0, 0.05) is 19.7 Å². The lowest BCUT2D eigenvalue weighted by Gasteiger charge is -2.15. The van der Waals surface area contributed by atoms with Gasteiger partial charge in [-0.15, -0.1) is 0 Å². The first-order valence-electron chi connectivity index (χ1n) is 9.50. The summed E-state index contributed by atoms with van der Waals surface area (Å²) in [5, 5.41) is 2.73. The Hall–Kier alpha value is -3.36. The van der Waals surface area contributed by atoms with Gasteiger partial charge in [-0.25, -0.2) is 12.7 Å². The van der Waals surface area contributed by atoms with Crippen molar-refractivity contribution < 1.29 is 22.7 Å². The topological polar surface area (TPSA) is 84.9 Å². The molecule has 0 saturated heterocycles. The number of rotatable bonds is 8. The molecule has 0 bridgehead atoms. The van der Waals surface area contributed by atoms with Crippen LogP contribution in [0.3, 0.4) is 0 Å². The van der Waals surface area contributed by atoms with Crippen LogP contribution in [0.25, 0.3) is 0 Å². The number of carbonyl (C=O) groups excluding carboxylic acids is 1. The average molecular weight is 441 g/mol. The average Bonchev–Trinajstić information content (AvgIpc) is 2.78. The number of hydrogen-bond acceptors (Lipinski definition) is 5. The number of ether oxygens (including phenoxy) is 2. The Morgan fingerprint density at radius 3 is 2.39 bits per heavy atom. The Morgan fingerprint density at radius 2 is 1.71 bits per heavy atom. The third kappa shape index (κ3) is 5.42. The molecule has 0 fully saturated rings. The van der Waals surface area contributed by atoms with E-state index in [1.807, 2.05) is 30.3 Å². The lowest BCUT2D eigenvalue weighted by Crippen LogP contribution is -2.22. The molecule has 162 valence electrons. The maximum Gasteiger partial charge on any atom is 0.255 e. The van der Waals surface area contributed by atoms with Gasteiger partial charge in [-0.3, -0.25) is 4.79 Å². The van der Waals surface area contributed by atoms with Crippen molar-refractivity contribution >= 4 is 21.6 Å². The van der Waals surface area contributed by atoms with Crippen LogP contribution in [0.4, 0.5) is 5.69 Å². The van der Waals surface area contributed by atoms with Crippen LogP contribution in [0, 0.1) is 0 Å². The summed E-state index contributed by atoms with van der Waals surface area (Å²) in [4.78, 5) is 12.9. The zero-order chi connectivity index (χ0) is 22.4. The highest BCUT2D eigenvalue weighted by Gasteiger charge is 2.20. The van der Waals surface area contributed by atoms with Crippen LogP contribution in [0.2, 0.25) is 0 Å². The minimum absolute atomic E-state index is 0.0496. The smallest absolute Gasteiger partial charge is 0.255 e. The zero-order valence-electron chi connectivity index (χ0n) is 17.5. The molecule has 0 atom stereocenters. The third-order valence-electron chi connectivity index (χ3n) is 4.54. The van der Waals surface area contributed by atoms with Crippen molar-refractivity contribution in [3.63, 3.8) is 0 Å². The van der Waals surface area contributed by atoms with E-state index in [9.17, 15) is 13.2 Å². The van der Waals surface area contributed by atoms with Crippen molar-refractivity contribution in [2.45, 2.75) is 11.5 Å². The van der Waals surface area contributed by atoms with Crippen molar-refractivity contribution in [3.05, 3.63) is 83.9 Å². The highest BCUT2D eigenvalue weighted by Crippen LogP contribution is 2.29. The Kier molecular flexibility index (Phi) is 6.94. The van der Waals surface area contributed by atoms with Gasteiger partial charge in [0.15, 0.2) is 0 Å². The Balaban J connectivity index is 1.79. The van der Waals surface area contributed by atoms with Crippen molar-refractivity contribution in [2.75, 3.05) is 26.5 Å². The van der Waals surface area contributed by atoms with E-state index >= 15 is 0 Å². The highest BCUT2D eigenvalue weighted by molar-refractivity contribution is 7.89. The van der Waals surface area contributed by atoms with E-state index in [1.54, 1.807) is 24.3 Å². The molecule has 0 aliphatic heterocycles. The summed E-state index contributed by atoms with van der Waals surface area (Å²) in [6.07, 6.45) is 0. The van der Waals surface area contributed by atoms with Crippen molar-refractivity contribution in [3.8, 4) is 11.5 Å². The van der Waals surface area contributed by atoms with E-state index in [2.05, 4.69) is 5.32 Å². The molecular weight excluding hydrogens is 416 g/mol. The number of hydrogen-bond donors (Lipinski definition) is 1. The molecule has 7 nitrogen and oxygen atoms in total. The van der Waals surface area contributed by atoms with Crippen molar-refractivity contribution in [2.24, 2.45) is 0 Å². The van der Waals surface area contributed by atoms with Crippen molar-refractivity contribution in [1.29, 1.82) is 0 Å². The first-order chi connectivity index (χ1) is 14.8. The SMILES string of the molecule is COc1ccc(S(=O)(=O)N(C)C)cc1NC(=O)c1cccc(OCc2ccccc2)c1. The number of nitrogens with zero attached hydrogens (tertiary/aromatic N) is 1. The predicted octanol–water partition coefficient (Wildman–Crippen LogP) is 3.78. The summed E-state index contributed by atoms with van der Waals surface area (Å²) in [5.74, 6) is 0.484. The van der Waals surface area contributed by atoms with E-state index in [-0.39, 0.29) is 10.6 Å². The number of nitrogens with one attached hydrogen (secondary N) is 1. The molecule has 0 aromatic heterocycles. The fourth-order valence-corrected chi connectivity index (χ4v) is 3.75. The summed E-state index contributed by atoms with van der Waals surface area (Å²) in [7, 11) is 0.675. The second-order valence-corrected chi connectivity index (χ2v) is 9.06. The maximum absolute atomic E-state index is 12.8. The minimum Gasteiger partial charge on any atom is -0.495 e. The summed E-state index contributed by atoms with van der Waals surface area (Å²) >= 11 is 0. The van der Waals surface area contributed by atoms with Crippen LogP contribution < -0.4 is 14.8 Å². The molecule has 0 spiro atoms. The van der Waals surface area contributed by atoms with E-state index < -0.39 is 15.9 Å². The molecule has 3 rings (SSSR count). The molecule has 0 heterocycles. The lowest BCUT2D eigenvalue weighted by molar-refractivity contribution is 0.102. The molecule has 0 aliphatic rings. The fourth-order valence-electron chi connectivity index (χ4n) is 2.82. The van der Waals surface area contributed by atoms with Crippen LogP contribution in [-0.4, -0.2) is 39.8 Å². The quantitative estimate of drug-likeness (QED) is 0.576. The molecule has 8 heteroatoms. The van der Waals surface area contributed by atoms with Gasteiger partial charge in [-0.05, 0) is 42.0 Å². The molecule has 1 amide bonds. The largest absolute Gasteiger partial charge is 0.495 e. The number of amides is 1. The molecular formula is C23H24N2O5S. The number of carbonyl (C=O) groups is 1. The molecule has 1 N–H and O–H groups in total. The summed E-state index contributed by atoms with van der Waals surface area (Å²) < 4.78 is 37.0. The molecule has 0 unspecified atom stereocenters. The molecule has 3 aromatic carbocycles. The van der Waals surface area contributed by atoms with Gasteiger partial charge in [0.1, 0.15) is 18.1 Å². The van der Waals surface area contributed by atoms with Crippen LogP contribution in [0.1, 0.15) is 15.9 Å². The van der Waals surface area contributed by atoms with Gasteiger partial charge < -0.3 is 14.8 Å². The van der Waals surface area contributed by atoms with E-state index in [0.717, 1.165) is 9.87 Å². The Labute approximate surface area is 182 Å². The molecule has 0 saturated carbocycles. The maximum atomic E-state index is 12.8. The number of methoxy groups -OCH3 is 1. The molecule has 31 heavy (non-hydrogen) atoms. The lowest BCUT2D eigenvalue weighted by atomic mass is 10.2. The van der Waals surface area contributed by atoms with E-state index in [0.29, 0.717) is 23.7 Å². The first kappa shape index (κ1) is 22.3. The minimum atomic E-state index is -3.66. The summed E-state index contributed by atoms with van der Waals surface area (Å²) in [6, 6.07) is 20.8. The molecule has 0 aliphatic carbocycles. The van der Waals surface area contributed by atoms with Gasteiger partial charge in [-0.1, -0.05) is 36.4 Å². The predicted molar refractivity (Wildman–Crippen MR) is 119 cm³/mol. The van der Waals surface area contributed by atoms with Gasteiger partial charge in [0.05, 0.1) is 17.7 Å². The summed E-state index contributed by atoms with van der Waals surface area (Å²) in [5.41, 5.74) is 1.64. The van der Waals surface area contributed by atoms with Gasteiger partial charge in [-0.2, -0.15) is 0 Å². The second-order valence-electron chi connectivity index (χ2n) is 6.91. The van der Waals surface area contributed by atoms with Gasteiger partial charge in [0.25, 0.3) is 5.91 Å². The van der Waals surface area contributed by atoms with Crippen LogP contribution in [0.5, 0.6) is 11.5 Å². The third-order valence-corrected chi connectivity index (χ3v) is 6.35. The van der Waals surface area contributed by atoms with E-state index in [4.69, 9.17) is 9.47 Å². The van der Waals surface area contributed by atoms with E-state index in [1.165, 1.54) is 39.4 Å². The highest BCUT2D eigenvalue weighted by atomic mass is 32.2.